The number of hydrogen-bond donors (Lipinski definition) is 2. The van der Waals surface area contributed by atoms with Crippen LogP contribution in [0.25, 0.3) is 11.0 Å². The van der Waals surface area contributed by atoms with Crippen LogP contribution in [0.3, 0.4) is 0 Å². The Morgan fingerprint density at radius 1 is 1.39 bits per heavy atom. The fourth-order valence-electron chi connectivity index (χ4n) is 3.37. The van der Waals surface area contributed by atoms with Crippen molar-refractivity contribution < 1.29 is 17.9 Å². The quantitative estimate of drug-likeness (QED) is 0.660. The topological polar surface area (TPSA) is 134 Å². The minimum Gasteiger partial charge on any atom is -0.489 e. The highest BCUT2D eigenvalue weighted by molar-refractivity contribution is 7.92. The molecule has 0 saturated heterocycles. The lowest BCUT2D eigenvalue weighted by Crippen LogP contribution is -2.24. The number of sulfonamides is 1. The molecule has 0 spiro atoms. The van der Waals surface area contributed by atoms with Gasteiger partial charge in [0.2, 0.25) is 11.9 Å². The molecule has 3 heterocycles. The predicted molar refractivity (Wildman–Crippen MR) is 102 cm³/mol. The van der Waals surface area contributed by atoms with Gasteiger partial charge in [0.05, 0.1) is 17.3 Å². The molecule has 1 atom stereocenters. The minimum absolute atomic E-state index is 0.0603. The number of nitrogens with zero attached hydrogens (tertiary/aromatic N) is 4. The van der Waals surface area contributed by atoms with Gasteiger partial charge < -0.3 is 15.0 Å². The molecule has 0 fully saturated rings. The molecule has 0 aliphatic carbocycles. The Labute approximate surface area is 161 Å². The van der Waals surface area contributed by atoms with Crippen molar-refractivity contribution in [2.45, 2.75) is 38.4 Å². The van der Waals surface area contributed by atoms with Crippen LogP contribution in [-0.2, 0) is 16.6 Å². The first-order chi connectivity index (χ1) is 13.2. The van der Waals surface area contributed by atoms with Gasteiger partial charge in [-0.25, -0.2) is 9.71 Å². The Hall–Kier alpha value is -3.08. The van der Waals surface area contributed by atoms with E-state index in [-0.39, 0.29) is 22.6 Å². The van der Waals surface area contributed by atoms with Gasteiger partial charge in [-0.05, 0) is 39.0 Å². The fourth-order valence-corrected chi connectivity index (χ4v) is 4.63. The number of primary amides is 1. The average molecular weight is 404 g/mol. The van der Waals surface area contributed by atoms with E-state index in [2.05, 4.69) is 14.8 Å². The highest BCUT2D eigenvalue weighted by Crippen LogP contribution is 2.37. The molecule has 148 valence electrons. The Balaban J connectivity index is 1.87. The van der Waals surface area contributed by atoms with Crippen LogP contribution < -0.4 is 15.2 Å². The van der Waals surface area contributed by atoms with Crippen molar-refractivity contribution in [2.24, 2.45) is 5.73 Å². The number of imidazole rings is 1. The molecule has 10 nitrogen and oxygen atoms in total. The molecule has 1 aliphatic rings. The lowest BCUT2D eigenvalue weighted by molar-refractivity contribution is 0.1000. The number of rotatable bonds is 5. The normalized spacial score (nSPS) is 16.2. The molecule has 3 aromatic rings. The van der Waals surface area contributed by atoms with Crippen molar-refractivity contribution in [3.63, 3.8) is 0 Å². The van der Waals surface area contributed by atoms with Crippen molar-refractivity contribution >= 4 is 32.9 Å². The number of aromatic nitrogens is 4. The average Bonchev–Trinajstić information content (AvgIpc) is 3.19. The van der Waals surface area contributed by atoms with E-state index < -0.39 is 15.9 Å². The standard InChI is InChI=1S/C17H20N6O4S/c1-4-22-14(5-9(2)20-22)28(25,26)21-17-19-12-6-11(16(18)24)7-13-15(12)23(17)10(3)8-27-13/h5-7,10H,4,8H2,1-3H3,(H2,18,24)(H,19,21)/t10-/m0/s1. The number of hydrogen-bond acceptors (Lipinski definition) is 6. The summed E-state index contributed by atoms with van der Waals surface area (Å²) in [5.41, 5.74) is 7.27. The van der Waals surface area contributed by atoms with Crippen LogP contribution in [0, 0.1) is 6.92 Å². The Morgan fingerprint density at radius 3 is 2.82 bits per heavy atom. The van der Waals surface area contributed by atoms with Crippen molar-refractivity contribution in [2.75, 3.05) is 11.3 Å². The number of amides is 1. The van der Waals surface area contributed by atoms with Gasteiger partial charge in [-0.2, -0.15) is 13.5 Å². The van der Waals surface area contributed by atoms with E-state index in [4.69, 9.17) is 10.5 Å². The maximum atomic E-state index is 13.0. The third kappa shape index (κ3) is 2.78. The highest BCUT2D eigenvalue weighted by atomic mass is 32.2. The second-order valence-electron chi connectivity index (χ2n) is 6.72. The second kappa shape index (κ2) is 6.23. The van der Waals surface area contributed by atoms with Crippen LogP contribution in [0.2, 0.25) is 0 Å². The van der Waals surface area contributed by atoms with E-state index >= 15 is 0 Å². The number of aryl methyl sites for hydroxylation is 2. The van der Waals surface area contributed by atoms with Gasteiger partial charge in [0.1, 0.15) is 17.9 Å². The summed E-state index contributed by atoms with van der Waals surface area (Å²) in [5, 5.41) is 4.25. The zero-order valence-electron chi connectivity index (χ0n) is 15.6. The zero-order chi connectivity index (χ0) is 20.2. The zero-order valence-corrected chi connectivity index (χ0v) is 16.4. The number of ether oxygens (including phenoxy) is 1. The molecule has 0 radical (unpaired) electrons. The van der Waals surface area contributed by atoms with Gasteiger partial charge in [-0.3, -0.25) is 9.48 Å². The molecule has 4 rings (SSSR count). The smallest absolute Gasteiger partial charge is 0.281 e. The molecule has 0 saturated carbocycles. The summed E-state index contributed by atoms with van der Waals surface area (Å²) in [5.74, 6) is -0.0219. The van der Waals surface area contributed by atoms with Crippen LogP contribution in [0.1, 0.15) is 35.9 Å². The molecule has 3 N–H and O–H groups in total. The van der Waals surface area contributed by atoms with Crippen LogP contribution >= 0.6 is 0 Å². The van der Waals surface area contributed by atoms with E-state index in [0.717, 1.165) is 0 Å². The Bertz CT molecular complexity index is 1210. The van der Waals surface area contributed by atoms with Crippen LogP contribution in [0.5, 0.6) is 5.75 Å². The Kier molecular flexibility index (Phi) is 4.07. The predicted octanol–water partition coefficient (Wildman–Crippen LogP) is 1.41. The summed E-state index contributed by atoms with van der Waals surface area (Å²) in [6.45, 7) is 6.16. The molecule has 0 unspecified atom stereocenters. The van der Waals surface area contributed by atoms with Crippen molar-refractivity contribution in [1.82, 2.24) is 19.3 Å². The maximum Gasteiger partial charge on any atom is 0.281 e. The van der Waals surface area contributed by atoms with Gasteiger partial charge in [0.25, 0.3) is 10.0 Å². The molecule has 11 heteroatoms. The SMILES string of the molecule is CCn1nc(C)cc1S(=O)(=O)Nc1nc2cc(C(N)=O)cc3c2n1[C@@H](C)CO3. The molecule has 2 aromatic heterocycles. The highest BCUT2D eigenvalue weighted by Gasteiger charge is 2.29. The summed E-state index contributed by atoms with van der Waals surface area (Å²) in [4.78, 5) is 16.0. The number of nitrogens with two attached hydrogens (primary N) is 1. The number of nitrogens with one attached hydrogen (secondary N) is 1. The largest absolute Gasteiger partial charge is 0.489 e. The number of carbonyl (C=O) groups is 1. The van der Waals surface area contributed by atoms with Crippen LogP contribution in [0.15, 0.2) is 23.2 Å². The van der Waals surface area contributed by atoms with E-state index in [9.17, 15) is 13.2 Å². The van der Waals surface area contributed by atoms with E-state index in [1.807, 2.05) is 13.8 Å². The third-order valence-electron chi connectivity index (χ3n) is 4.62. The number of benzene rings is 1. The van der Waals surface area contributed by atoms with E-state index in [0.29, 0.717) is 35.6 Å². The summed E-state index contributed by atoms with van der Waals surface area (Å²) < 4.78 is 37.4. The number of anilines is 1. The van der Waals surface area contributed by atoms with Crippen molar-refractivity contribution in [1.29, 1.82) is 0 Å². The first-order valence-electron chi connectivity index (χ1n) is 8.77. The first kappa shape index (κ1) is 18.3. The monoisotopic (exact) mass is 404 g/mol. The molecule has 28 heavy (non-hydrogen) atoms. The summed E-state index contributed by atoms with van der Waals surface area (Å²) in [6.07, 6.45) is 0. The lowest BCUT2D eigenvalue weighted by Gasteiger charge is -2.24. The maximum absolute atomic E-state index is 13.0. The summed E-state index contributed by atoms with van der Waals surface area (Å²) in [7, 11) is -3.92. The van der Waals surface area contributed by atoms with Gasteiger partial charge in [-0.15, -0.1) is 0 Å². The van der Waals surface area contributed by atoms with Gasteiger partial charge in [0, 0.05) is 12.1 Å². The van der Waals surface area contributed by atoms with Crippen LogP contribution in [-0.4, -0.2) is 40.3 Å². The molecular weight excluding hydrogens is 384 g/mol. The minimum atomic E-state index is -3.92. The Morgan fingerprint density at radius 2 is 2.14 bits per heavy atom. The van der Waals surface area contributed by atoms with Gasteiger partial charge in [0.15, 0.2) is 5.03 Å². The summed E-state index contributed by atoms with van der Waals surface area (Å²) >= 11 is 0. The number of carbonyl (C=O) groups excluding carboxylic acids is 1. The third-order valence-corrected chi connectivity index (χ3v) is 5.95. The molecule has 1 aliphatic heterocycles. The van der Waals surface area contributed by atoms with Gasteiger partial charge in [-0.1, -0.05) is 0 Å². The van der Waals surface area contributed by atoms with Crippen molar-refractivity contribution in [3.8, 4) is 5.75 Å². The molecule has 1 amide bonds. The van der Waals surface area contributed by atoms with Crippen molar-refractivity contribution in [3.05, 3.63) is 29.5 Å². The molecule has 0 bridgehead atoms. The fraction of sp³-hybridized carbons (Fsp3) is 0.353. The van der Waals surface area contributed by atoms with E-state index in [1.54, 1.807) is 17.6 Å². The van der Waals surface area contributed by atoms with E-state index in [1.165, 1.54) is 16.8 Å². The molecule has 1 aromatic carbocycles. The van der Waals surface area contributed by atoms with Gasteiger partial charge >= 0.3 is 0 Å². The summed E-state index contributed by atoms with van der Waals surface area (Å²) in [6, 6.07) is 4.42. The van der Waals surface area contributed by atoms with Crippen LogP contribution in [0.4, 0.5) is 5.95 Å². The molecular formula is C17H20N6O4S. The first-order valence-corrected chi connectivity index (χ1v) is 10.3. The lowest BCUT2D eigenvalue weighted by atomic mass is 10.1. The second-order valence-corrected chi connectivity index (χ2v) is 8.35.